The van der Waals surface area contributed by atoms with E-state index in [1.54, 1.807) is 66.7 Å². The maximum atomic E-state index is 14.7. The van der Waals surface area contributed by atoms with Gasteiger partial charge in [-0.15, -0.1) is 0 Å². The van der Waals surface area contributed by atoms with Crippen LogP contribution in [0.2, 0.25) is 0 Å². The lowest BCUT2D eigenvalue weighted by molar-refractivity contribution is -0.250. The summed E-state index contributed by atoms with van der Waals surface area (Å²) in [5.74, 6) is -0.864. The zero-order valence-corrected chi connectivity index (χ0v) is 25.6. The van der Waals surface area contributed by atoms with E-state index in [0.717, 1.165) is 5.56 Å². The standard InChI is InChI=1S/C31H37N2O11P/c1-20(35)32-27-29(28(36)26(18-34)42-31(27)38)44-45(39,43-24-15-13-23(40-2)14-16-24)33-25(17-21-9-5-3-6-10-21)30(37)41-19-22-11-7-4-8-12-22/h3-16,25-29,31,34,36,38H,17-19H2,1-2H3,(H,32,35)(H,33,39)/t25-,26+,27+,28+,29+,31?,45?/m0/s1. The summed E-state index contributed by atoms with van der Waals surface area (Å²) in [4.78, 5) is 25.5. The molecule has 1 saturated heterocycles. The molecule has 4 rings (SSSR count). The van der Waals surface area contributed by atoms with Gasteiger partial charge in [-0.25, -0.2) is 4.57 Å². The topological polar surface area (TPSA) is 182 Å². The normalized spacial score (nSPS) is 23.3. The van der Waals surface area contributed by atoms with Gasteiger partial charge in [-0.05, 0) is 41.8 Å². The third-order valence-electron chi connectivity index (χ3n) is 6.89. The molecule has 45 heavy (non-hydrogen) atoms. The number of carbonyl (C=O) groups is 2. The van der Waals surface area contributed by atoms with E-state index in [0.29, 0.717) is 11.3 Å². The van der Waals surface area contributed by atoms with Crippen LogP contribution in [0.15, 0.2) is 84.9 Å². The van der Waals surface area contributed by atoms with Crippen LogP contribution in [0.25, 0.3) is 0 Å². The van der Waals surface area contributed by atoms with E-state index < -0.39 is 62.9 Å². The molecule has 0 radical (unpaired) electrons. The Morgan fingerprint density at radius 3 is 2.11 bits per heavy atom. The van der Waals surface area contributed by atoms with Gasteiger partial charge in [0.05, 0.1) is 13.7 Å². The van der Waals surface area contributed by atoms with Crippen LogP contribution in [0.5, 0.6) is 11.5 Å². The monoisotopic (exact) mass is 644 g/mol. The van der Waals surface area contributed by atoms with Crippen LogP contribution in [0.4, 0.5) is 0 Å². The summed E-state index contributed by atoms with van der Waals surface area (Å²) in [7, 11) is -3.24. The number of esters is 1. The quantitative estimate of drug-likeness (QED) is 0.128. The van der Waals surface area contributed by atoms with Gasteiger partial charge in [0.15, 0.2) is 6.29 Å². The van der Waals surface area contributed by atoms with Gasteiger partial charge in [-0.2, -0.15) is 5.09 Å². The van der Waals surface area contributed by atoms with Crippen LogP contribution in [0.3, 0.4) is 0 Å². The van der Waals surface area contributed by atoms with Crippen molar-refractivity contribution in [2.75, 3.05) is 13.7 Å². The van der Waals surface area contributed by atoms with Crippen molar-refractivity contribution in [1.29, 1.82) is 0 Å². The van der Waals surface area contributed by atoms with Crippen molar-refractivity contribution in [1.82, 2.24) is 10.4 Å². The van der Waals surface area contributed by atoms with Crippen molar-refractivity contribution in [3.8, 4) is 11.5 Å². The summed E-state index contributed by atoms with van der Waals surface area (Å²) in [6, 6.07) is 21.1. The van der Waals surface area contributed by atoms with E-state index in [1.165, 1.54) is 26.2 Å². The SMILES string of the molecule is COc1ccc(OP(=O)(N[C@@H](Cc2ccccc2)C(=O)OCc2ccccc2)O[C@H]2[C@H](O)[C@@H](CO)OC(O)[C@@H]2NC(C)=O)cc1. The fraction of sp³-hybridized carbons (Fsp3) is 0.355. The van der Waals surface area contributed by atoms with E-state index >= 15 is 0 Å². The highest BCUT2D eigenvalue weighted by Gasteiger charge is 2.50. The minimum absolute atomic E-state index is 0.00112. The zero-order valence-electron chi connectivity index (χ0n) is 24.7. The molecule has 1 heterocycles. The Hall–Kier alpha value is -3.81. The molecule has 1 aliphatic rings. The Morgan fingerprint density at radius 1 is 0.933 bits per heavy atom. The van der Waals surface area contributed by atoms with Crippen LogP contribution in [-0.2, 0) is 41.2 Å². The molecule has 1 amide bonds. The number of hydrogen-bond acceptors (Lipinski definition) is 11. The van der Waals surface area contributed by atoms with Crippen LogP contribution >= 0.6 is 7.75 Å². The van der Waals surface area contributed by atoms with Crippen LogP contribution < -0.4 is 19.7 Å². The molecule has 0 spiro atoms. The van der Waals surface area contributed by atoms with Crippen LogP contribution in [0, 0.1) is 0 Å². The molecule has 13 nitrogen and oxygen atoms in total. The van der Waals surface area contributed by atoms with Crippen molar-refractivity contribution in [2.24, 2.45) is 0 Å². The Bertz CT molecular complexity index is 1430. The molecule has 5 N–H and O–H groups in total. The first-order chi connectivity index (χ1) is 21.6. The van der Waals surface area contributed by atoms with Gasteiger partial charge >= 0.3 is 13.7 Å². The molecule has 2 unspecified atom stereocenters. The molecule has 7 atom stereocenters. The predicted molar refractivity (Wildman–Crippen MR) is 161 cm³/mol. The second kappa shape index (κ2) is 16.0. The van der Waals surface area contributed by atoms with Gasteiger partial charge in [0.1, 0.15) is 48.5 Å². The maximum absolute atomic E-state index is 14.7. The molecule has 0 bridgehead atoms. The van der Waals surface area contributed by atoms with Gasteiger partial charge in [-0.1, -0.05) is 60.7 Å². The number of aliphatic hydroxyl groups excluding tert-OH is 3. The second-order valence-corrected chi connectivity index (χ2v) is 11.9. The number of ether oxygens (including phenoxy) is 3. The smallest absolute Gasteiger partial charge is 0.459 e. The first-order valence-electron chi connectivity index (χ1n) is 14.1. The predicted octanol–water partition coefficient (Wildman–Crippen LogP) is 2.09. The van der Waals surface area contributed by atoms with E-state index in [9.17, 15) is 29.5 Å². The first kappa shape index (κ1) is 34.1. The van der Waals surface area contributed by atoms with E-state index in [4.69, 9.17) is 23.3 Å². The Kier molecular flexibility index (Phi) is 12.1. The summed E-state index contributed by atoms with van der Waals surface area (Å²) in [5, 5.41) is 36.5. The Labute approximate surface area is 260 Å². The van der Waals surface area contributed by atoms with Crippen molar-refractivity contribution in [3.05, 3.63) is 96.1 Å². The van der Waals surface area contributed by atoms with E-state index in [1.807, 2.05) is 6.07 Å². The van der Waals surface area contributed by atoms with Gasteiger partial charge in [0.25, 0.3) is 0 Å². The number of methoxy groups -OCH3 is 1. The lowest BCUT2D eigenvalue weighted by Crippen LogP contribution is -2.64. The molecule has 242 valence electrons. The average molecular weight is 645 g/mol. The van der Waals surface area contributed by atoms with Crippen molar-refractivity contribution < 1.29 is 52.7 Å². The molecule has 0 aromatic heterocycles. The van der Waals surface area contributed by atoms with Crippen molar-refractivity contribution in [3.63, 3.8) is 0 Å². The molecule has 14 heteroatoms. The lowest BCUT2D eigenvalue weighted by atomic mass is 9.97. The lowest BCUT2D eigenvalue weighted by Gasteiger charge is -2.43. The largest absolute Gasteiger partial charge is 0.497 e. The van der Waals surface area contributed by atoms with Crippen molar-refractivity contribution >= 4 is 19.6 Å². The summed E-state index contributed by atoms with van der Waals surface area (Å²) >= 11 is 0. The highest BCUT2D eigenvalue weighted by Crippen LogP contribution is 2.48. The molecule has 1 aliphatic heterocycles. The van der Waals surface area contributed by atoms with Gasteiger partial charge < -0.3 is 39.4 Å². The minimum Gasteiger partial charge on any atom is -0.497 e. The Balaban J connectivity index is 1.69. The van der Waals surface area contributed by atoms with Crippen molar-refractivity contribution in [2.45, 2.75) is 56.6 Å². The molecule has 1 fully saturated rings. The molecule has 0 aliphatic carbocycles. The third-order valence-corrected chi connectivity index (χ3v) is 8.49. The fourth-order valence-electron chi connectivity index (χ4n) is 4.66. The molecular weight excluding hydrogens is 607 g/mol. The maximum Gasteiger partial charge on any atom is 0.459 e. The van der Waals surface area contributed by atoms with Gasteiger partial charge in [-0.3, -0.25) is 14.1 Å². The fourth-order valence-corrected chi connectivity index (χ4v) is 6.37. The summed E-state index contributed by atoms with van der Waals surface area (Å²) in [5.41, 5.74) is 1.42. The molecular formula is C31H37N2O11P. The second-order valence-electron chi connectivity index (χ2n) is 10.3. The highest BCUT2D eigenvalue weighted by molar-refractivity contribution is 7.52. The summed E-state index contributed by atoms with van der Waals surface area (Å²) < 4.78 is 42.4. The van der Waals surface area contributed by atoms with Crippen LogP contribution in [-0.4, -0.2) is 77.6 Å². The highest BCUT2D eigenvalue weighted by atomic mass is 31.2. The zero-order chi connectivity index (χ0) is 32.4. The number of hydrogen-bond donors (Lipinski definition) is 5. The van der Waals surface area contributed by atoms with Gasteiger partial charge in [0, 0.05) is 6.92 Å². The third kappa shape index (κ3) is 9.59. The first-order valence-corrected chi connectivity index (χ1v) is 15.7. The van der Waals surface area contributed by atoms with E-state index in [2.05, 4.69) is 10.4 Å². The molecule has 3 aromatic rings. The number of carbonyl (C=O) groups excluding carboxylic acids is 2. The van der Waals surface area contributed by atoms with E-state index in [-0.39, 0.29) is 18.8 Å². The molecule has 3 aromatic carbocycles. The number of nitrogens with one attached hydrogen (secondary N) is 2. The Morgan fingerprint density at radius 2 is 1.53 bits per heavy atom. The van der Waals surface area contributed by atoms with Gasteiger partial charge in [0.2, 0.25) is 5.91 Å². The summed E-state index contributed by atoms with van der Waals surface area (Å²) in [6.45, 7) is 0.369. The molecule has 0 saturated carbocycles. The van der Waals surface area contributed by atoms with Crippen LogP contribution in [0.1, 0.15) is 18.1 Å². The summed E-state index contributed by atoms with van der Waals surface area (Å²) in [6.07, 6.45) is -6.45. The minimum atomic E-state index is -4.71. The number of amides is 1. The number of rotatable bonds is 14. The number of benzene rings is 3. The number of aliphatic hydroxyl groups is 3. The average Bonchev–Trinajstić information content (AvgIpc) is 3.04.